The largest absolute Gasteiger partial charge is 0.376 e. The van der Waals surface area contributed by atoms with Crippen LogP contribution in [0.4, 0.5) is 0 Å². The number of carbonyl (C=O) groups is 1. The first-order valence-corrected chi connectivity index (χ1v) is 11.6. The number of hydrogen-bond donors (Lipinski definition) is 1. The number of rotatable bonds is 6. The molecule has 1 N–H and O–H groups in total. The van der Waals surface area contributed by atoms with Crippen molar-refractivity contribution in [2.45, 2.75) is 63.1 Å². The molecule has 1 saturated heterocycles. The SMILES string of the molecule is CC(=O)N1CCC[C@H](NS(C)(=O)=O)[C@@H]1CO[C@@H]1CCC(c2ccccc2)C1. The molecule has 1 unspecified atom stereocenters. The van der Waals surface area contributed by atoms with Crippen LogP contribution in [0.2, 0.25) is 0 Å². The van der Waals surface area contributed by atoms with Crippen molar-refractivity contribution in [1.82, 2.24) is 9.62 Å². The molecule has 150 valence electrons. The lowest BCUT2D eigenvalue weighted by Gasteiger charge is -2.41. The maximum absolute atomic E-state index is 12.0. The number of hydrogen-bond acceptors (Lipinski definition) is 4. The Bertz CT molecular complexity index is 738. The Balaban J connectivity index is 1.61. The number of carbonyl (C=O) groups excluding carboxylic acids is 1. The van der Waals surface area contributed by atoms with Crippen LogP contribution in [0, 0.1) is 0 Å². The van der Waals surface area contributed by atoms with Gasteiger partial charge < -0.3 is 9.64 Å². The Kier molecular flexibility index (Phi) is 6.55. The summed E-state index contributed by atoms with van der Waals surface area (Å²) in [5.74, 6) is 0.480. The molecule has 1 aromatic rings. The standard InChI is InChI=1S/C20H30N2O4S/c1-15(23)22-12-6-9-19(21-27(2,24)25)20(22)14-26-18-11-10-17(13-18)16-7-4-3-5-8-16/h3-5,7-8,17-21H,6,9-14H2,1-2H3/t17?,18-,19+,20+/m1/s1. The molecule has 1 amide bonds. The summed E-state index contributed by atoms with van der Waals surface area (Å²) in [5.41, 5.74) is 1.35. The first-order chi connectivity index (χ1) is 12.8. The molecular formula is C20H30N2O4S. The number of piperidine rings is 1. The molecule has 7 heteroatoms. The van der Waals surface area contributed by atoms with Crippen molar-refractivity contribution in [2.24, 2.45) is 0 Å². The molecule has 6 nitrogen and oxygen atoms in total. The van der Waals surface area contributed by atoms with Crippen molar-refractivity contribution < 1.29 is 17.9 Å². The Morgan fingerprint density at radius 2 is 1.96 bits per heavy atom. The summed E-state index contributed by atoms with van der Waals surface area (Å²) >= 11 is 0. The first kappa shape index (κ1) is 20.3. The quantitative estimate of drug-likeness (QED) is 0.803. The molecule has 1 aromatic carbocycles. The van der Waals surface area contributed by atoms with Gasteiger partial charge in [0.15, 0.2) is 0 Å². The van der Waals surface area contributed by atoms with E-state index in [2.05, 4.69) is 29.0 Å². The van der Waals surface area contributed by atoms with Crippen LogP contribution in [0.5, 0.6) is 0 Å². The number of amides is 1. The molecule has 1 aliphatic carbocycles. The average Bonchev–Trinajstić information content (AvgIpc) is 3.09. The molecule has 0 radical (unpaired) electrons. The smallest absolute Gasteiger partial charge is 0.219 e. The number of sulfonamides is 1. The third-order valence-electron chi connectivity index (χ3n) is 5.71. The van der Waals surface area contributed by atoms with Crippen LogP contribution in [-0.4, -0.2) is 56.8 Å². The highest BCUT2D eigenvalue weighted by Crippen LogP contribution is 2.36. The molecule has 0 aromatic heterocycles. The number of ether oxygens (including phenoxy) is 1. The Morgan fingerprint density at radius 3 is 2.63 bits per heavy atom. The average molecular weight is 395 g/mol. The molecular weight excluding hydrogens is 364 g/mol. The highest BCUT2D eigenvalue weighted by Gasteiger charge is 2.36. The molecule has 0 spiro atoms. The summed E-state index contributed by atoms with van der Waals surface area (Å²) in [5, 5.41) is 0. The highest BCUT2D eigenvalue weighted by molar-refractivity contribution is 7.88. The lowest BCUT2D eigenvalue weighted by atomic mass is 9.97. The zero-order valence-electron chi connectivity index (χ0n) is 16.1. The summed E-state index contributed by atoms with van der Waals surface area (Å²) in [7, 11) is -3.33. The van der Waals surface area contributed by atoms with E-state index in [1.807, 2.05) is 6.07 Å². The molecule has 4 atom stereocenters. The van der Waals surface area contributed by atoms with Gasteiger partial charge in [-0.05, 0) is 43.6 Å². The summed E-state index contributed by atoms with van der Waals surface area (Å²) in [6.45, 7) is 2.57. The number of benzene rings is 1. The highest BCUT2D eigenvalue weighted by atomic mass is 32.2. The third-order valence-corrected chi connectivity index (χ3v) is 6.44. The zero-order valence-corrected chi connectivity index (χ0v) is 17.0. The summed E-state index contributed by atoms with van der Waals surface area (Å²) in [6, 6.07) is 9.96. The molecule has 1 aliphatic heterocycles. The van der Waals surface area contributed by atoms with Gasteiger partial charge in [0.25, 0.3) is 0 Å². The summed E-state index contributed by atoms with van der Waals surface area (Å²) in [4.78, 5) is 13.8. The second kappa shape index (κ2) is 8.71. The van der Waals surface area contributed by atoms with Gasteiger partial charge in [0.1, 0.15) is 0 Å². The molecule has 27 heavy (non-hydrogen) atoms. The van der Waals surface area contributed by atoms with E-state index in [0.717, 1.165) is 32.1 Å². The van der Waals surface area contributed by atoms with E-state index < -0.39 is 10.0 Å². The van der Waals surface area contributed by atoms with E-state index in [4.69, 9.17) is 4.74 Å². The van der Waals surface area contributed by atoms with Crippen LogP contribution in [0.25, 0.3) is 0 Å². The van der Waals surface area contributed by atoms with Crippen molar-refractivity contribution in [3.63, 3.8) is 0 Å². The minimum atomic E-state index is -3.33. The Hall–Kier alpha value is -1.44. The second-order valence-corrected chi connectivity index (χ2v) is 9.57. The normalized spacial score (nSPS) is 29.0. The fourth-order valence-electron chi connectivity index (χ4n) is 4.42. The van der Waals surface area contributed by atoms with E-state index in [1.165, 1.54) is 18.7 Å². The lowest BCUT2D eigenvalue weighted by Crippen LogP contribution is -2.58. The van der Waals surface area contributed by atoms with Crippen LogP contribution in [0.3, 0.4) is 0 Å². The zero-order chi connectivity index (χ0) is 19.4. The van der Waals surface area contributed by atoms with Crippen molar-refractivity contribution in [1.29, 1.82) is 0 Å². The fraction of sp³-hybridized carbons (Fsp3) is 0.650. The van der Waals surface area contributed by atoms with Gasteiger partial charge in [-0.15, -0.1) is 0 Å². The monoisotopic (exact) mass is 394 g/mol. The molecule has 3 rings (SSSR count). The maximum Gasteiger partial charge on any atom is 0.219 e. The number of nitrogens with one attached hydrogen (secondary N) is 1. The van der Waals surface area contributed by atoms with Crippen molar-refractivity contribution in [2.75, 3.05) is 19.4 Å². The van der Waals surface area contributed by atoms with E-state index in [-0.39, 0.29) is 24.1 Å². The Labute approximate surface area is 162 Å². The van der Waals surface area contributed by atoms with Crippen LogP contribution < -0.4 is 4.72 Å². The third kappa shape index (κ3) is 5.53. The number of nitrogens with zero attached hydrogens (tertiary/aromatic N) is 1. The van der Waals surface area contributed by atoms with Crippen LogP contribution in [0.15, 0.2) is 30.3 Å². The van der Waals surface area contributed by atoms with Crippen molar-refractivity contribution in [3.05, 3.63) is 35.9 Å². The summed E-state index contributed by atoms with van der Waals surface area (Å²) in [6.07, 6.45) is 5.91. The molecule has 2 aliphatic rings. The molecule has 0 bridgehead atoms. The van der Waals surface area contributed by atoms with Gasteiger partial charge in [-0.25, -0.2) is 13.1 Å². The van der Waals surface area contributed by atoms with E-state index in [9.17, 15) is 13.2 Å². The van der Waals surface area contributed by atoms with Gasteiger partial charge in [0, 0.05) is 19.5 Å². The second-order valence-electron chi connectivity index (χ2n) is 7.79. The van der Waals surface area contributed by atoms with Crippen molar-refractivity contribution >= 4 is 15.9 Å². The maximum atomic E-state index is 12.0. The van der Waals surface area contributed by atoms with Gasteiger partial charge >= 0.3 is 0 Å². The van der Waals surface area contributed by atoms with Gasteiger partial charge in [0.2, 0.25) is 15.9 Å². The van der Waals surface area contributed by atoms with Crippen LogP contribution in [-0.2, 0) is 19.6 Å². The van der Waals surface area contributed by atoms with E-state index in [0.29, 0.717) is 19.1 Å². The molecule has 1 saturated carbocycles. The van der Waals surface area contributed by atoms with Crippen LogP contribution in [0.1, 0.15) is 50.5 Å². The lowest BCUT2D eigenvalue weighted by molar-refractivity contribution is -0.135. The van der Waals surface area contributed by atoms with Gasteiger partial charge in [-0.2, -0.15) is 0 Å². The van der Waals surface area contributed by atoms with Crippen molar-refractivity contribution in [3.8, 4) is 0 Å². The van der Waals surface area contributed by atoms with Gasteiger partial charge in [-0.1, -0.05) is 30.3 Å². The predicted octanol–water partition coefficient (Wildman–Crippen LogP) is 2.27. The summed E-state index contributed by atoms with van der Waals surface area (Å²) < 4.78 is 32.3. The van der Waals surface area contributed by atoms with Gasteiger partial charge in [-0.3, -0.25) is 4.79 Å². The van der Waals surface area contributed by atoms with Crippen LogP contribution >= 0.6 is 0 Å². The fourth-order valence-corrected chi connectivity index (χ4v) is 5.25. The first-order valence-electron chi connectivity index (χ1n) is 9.74. The predicted molar refractivity (Wildman–Crippen MR) is 105 cm³/mol. The molecule has 2 fully saturated rings. The van der Waals surface area contributed by atoms with Gasteiger partial charge in [0.05, 0.1) is 25.0 Å². The molecule has 1 heterocycles. The Morgan fingerprint density at radius 1 is 1.22 bits per heavy atom. The minimum Gasteiger partial charge on any atom is -0.376 e. The number of likely N-dealkylation sites (tertiary alicyclic amines) is 1. The van der Waals surface area contributed by atoms with E-state index in [1.54, 1.807) is 4.90 Å². The van der Waals surface area contributed by atoms with E-state index >= 15 is 0 Å². The minimum absolute atomic E-state index is 0.0304. The topological polar surface area (TPSA) is 75.7 Å².